The molecule has 3 aliphatic rings. The third-order valence-corrected chi connectivity index (χ3v) is 8.80. The van der Waals surface area contributed by atoms with Crippen molar-refractivity contribution in [3.8, 4) is 12.1 Å². The van der Waals surface area contributed by atoms with Crippen LogP contribution in [0.4, 0.5) is 17.2 Å². The highest BCUT2D eigenvalue weighted by Crippen LogP contribution is 2.45. The minimum atomic E-state index is -0.394. The summed E-state index contributed by atoms with van der Waals surface area (Å²) in [6, 6.07) is 15.0. The third-order valence-electron chi connectivity index (χ3n) is 8.80. The number of nitrogens with two attached hydrogens (primary N) is 1. The molecule has 1 aromatic heterocycles. The van der Waals surface area contributed by atoms with Gasteiger partial charge in [-0.2, -0.15) is 15.2 Å². The number of piperazine rings is 1. The fraction of sp³-hybridized carbons (Fsp3) is 0.484. The molecule has 214 valence electrons. The molecule has 0 radical (unpaired) electrons. The Morgan fingerprint density at radius 1 is 1.07 bits per heavy atom. The first-order valence-electron chi connectivity index (χ1n) is 14.6. The Labute approximate surface area is 241 Å². The van der Waals surface area contributed by atoms with Crippen molar-refractivity contribution in [2.24, 2.45) is 0 Å². The predicted octanol–water partition coefficient (Wildman–Crippen LogP) is 3.85. The fourth-order valence-electron chi connectivity index (χ4n) is 6.13. The van der Waals surface area contributed by atoms with E-state index in [0.717, 1.165) is 55.2 Å². The zero-order valence-electron chi connectivity index (χ0n) is 23.8. The van der Waals surface area contributed by atoms with Crippen LogP contribution in [0.1, 0.15) is 54.1 Å². The Kier molecular flexibility index (Phi) is 7.65. The third kappa shape index (κ3) is 5.65. The van der Waals surface area contributed by atoms with Crippen molar-refractivity contribution >= 4 is 33.9 Å². The standard InChI is InChI=1S/C31H38N8O2/c1-37-15-5-8-23(37)19-41-31-35-28(27(33)29(36-31)39-17-16-38(2)22(18-39)13-14-32)30(40)34-25-10-4-7-21-6-3-9-24(26(21)25)20-11-12-20/h3-4,6-7,9-10,20,22-23H,5,8,11-13,15-19,33H2,1-2H3,(H,34,40)/t22-,23-/m0/s1. The van der Waals surface area contributed by atoms with Crippen LogP contribution in [-0.2, 0) is 0 Å². The number of likely N-dealkylation sites (N-methyl/N-ethyl adjacent to an activating group) is 2. The molecular weight excluding hydrogens is 516 g/mol. The molecule has 3 N–H and O–H groups in total. The lowest BCUT2D eigenvalue weighted by Gasteiger charge is -2.39. The number of fused-ring (bicyclic) bond motifs is 1. The molecule has 3 aromatic rings. The summed E-state index contributed by atoms with van der Waals surface area (Å²) >= 11 is 0. The van der Waals surface area contributed by atoms with Crippen LogP contribution in [0.5, 0.6) is 6.01 Å². The summed E-state index contributed by atoms with van der Waals surface area (Å²) in [5.41, 5.74) is 8.99. The number of nitrogen functional groups attached to an aromatic ring is 1. The van der Waals surface area contributed by atoms with Crippen LogP contribution in [0.15, 0.2) is 36.4 Å². The zero-order chi connectivity index (χ0) is 28.5. The van der Waals surface area contributed by atoms with Crippen molar-refractivity contribution in [2.45, 2.75) is 50.1 Å². The van der Waals surface area contributed by atoms with Gasteiger partial charge in [0.05, 0.1) is 12.5 Å². The Morgan fingerprint density at radius 3 is 2.59 bits per heavy atom. The number of nitriles is 1. The maximum atomic E-state index is 13.9. The van der Waals surface area contributed by atoms with Gasteiger partial charge in [0.15, 0.2) is 11.5 Å². The number of aromatic nitrogens is 2. The van der Waals surface area contributed by atoms with Crippen LogP contribution in [0.3, 0.4) is 0 Å². The number of carbonyl (C=O) groups excluding carboxylic acids is 1. The quantitative estimate of drug-likeness (QED) is 0.427. The second-order valence-electron chi connectivity index (χ2n) is 11.6. The van der Waals surface area contributed by atoms with Gasteiger partial charge in [-0.25, -0.2) is 0 Å². The van der Waals surface area contributed by atoms with Crippen LogP contribution >= 0.6 is 0 Å². The Hall–Kier alpha value is -3.94. The SMILES string of the molecule is CN1CCC[C@H]1COc1nc(C(=O)Nc2cccc3cccc(C4CC4)c23)c(N)c(N2CCN(C)[C@@H](CC#N)C2)n1. The van der Waals surface area contributed by atoms with E-state index in [-0.39, 0.29) is 29.5 Å². The highest BCUT2D eigenvalue weighted by Gasteiger charge is 2.31. The van der Waals surface area contributed by atoms with Crippen molar-refractivity contribution < 1.29 is 9.53 Å². The minimum absolute atomic E-state index is 0.0356. The lowest BCUT2D eigenvalue weighted by Crippen LogP contribution is -2.51. The molecule has 1 aliphatic carbocycles. The molecule has 3 heterocycles. The Balaban J connectivity index is 1.34. The number of nitrogens with zero attached hydrogens (tertiary/aromatic N) is 6. The molecule has 10 nitrogen and oxygen atoms in total. The van der Waals surface area contributed by atoms with E-state index < -0.39 is 5.91 Å². The number of hydrogen-bond acceptors (Lipinski definition) is 9. The molecule has 2 saturated heterocycles. The van der Waals surface area contributed by atoms with Gasteiger partial charge in [0.2, 0.25) is 0 Å². The second kappa shape index (κ2) is 11.5. The molecule has 0 unspecified atom stereocenters. The minimum Gasteiger partial charge on any atom is -0.462 e. The molecule has 0 spiro atoms. The molecule has 1 amide bonds. The highest BCUT2D eigenvalue weighted by molar-refractivity contribution is 6.12. The smallest absolute Gasteiger partial charge is 0.319 e. The Morgan fingerprint density at radius 2 is 1.85 bits per heavy atom. The summed E-state index contributed by atoms with van der Waals surface area (Å²) in [5.74, 6) is 0.613. The molecule has 3 fully saturated rings. The van der Waals surface area contributed by atoms with Crippen molar-refractivity contribution in [3.63, 3.8) is 0 Å². The van der Waals surface area contributed by atoms with Gasteiger partial charge in [-0.1, -0.05) is 30.3 Å². The second-order valence-corrected chi connectivity index (χ2v) is 11.6. The normalized spacial score (nSPS) is 21.6. The van der Waals surface area contributed by atoms with Gasteiger partial charge in [-0.3, -0.25) is 9.69 Å². The van der Waals surface area contributed by atoms with Gasteiger partial charge < -0.3 is 25.6 Å². The first-order valence-corrected chi connectivity index (χ1v) is 14.6. The van der Waals surface area contributed by atoms with Gasteiger partial charge >= 0.3 is 6.01 Å². The molecule has 2 aromatic carbocycles. The van der Waals surface area contributed by atoms with E-state index in [4.69, 9.17) is 15.5 Å². The van der Waals surface area contributed by atoms with Gasteiger partial charge in [0, 0.05) is 42.8 Å². The van der Waals surface area contributed by atoms with E-state index in [0.29, 0.717) is 37.9 Å². The first kappa shape index (κ1) is 27.2. The van der Waals surface area contributed by atoms with E-state index in [2.05, 4.69) is 57.5 Å². The van der Waals surface area contributed by atoms with E-state index in [1.165, 1.54) is 5.56 Å². The van der Waals surface area contributed by atoms with Gasteiger partial charge in [0.25, 0.3) is 5.91 Å². The van der Waals surface area contributed by atoms with E-state index in [1.807, 2.05) is 24.1 Å². The van der Waals surface area contributed by atoms with Crippen molar-refractivity contribution in [1.82, 2.24) is 19.8 Å². The predicted molar refractivity (Wildman–Crippen MR) is 160 cm³/mol. The number of hydrogen-bond donors (Lipinski definition) is 2. The number of rotatable bonds is 8. The van der Waals surface area contributed by atoms with Crippen LogP contribution in [0.25, 0.3) is 10.8 Å². The fourth-order valence-corrected chi connectivity index (χ4v) is 6.13. The molecule has 2 atom stereocenters. The molecular formula is C31H38N8O2. The number of ether oxygens (including phenoxy) is 1. The van der Waals surface area contributed by atoms with Gasteiger partial charge in [-0.15, -0.1) is 0 Å². The summed E-state index contributed by atoms with van der Waals surface area (Å²) < 4.78 is 6.12. The number of carbonyl (C=O) groups is 1. The van der Waals surface area contributed by atoms with E-state index >= 15 is 0 Å². The summed E-state index contributed by atoms with van der Waals surface area (Å²) in [7, 11) is 4.11. The molecule has 41 heavy (non-hydrogen) atoms. The highest BCUT2D eigenvalue weighted by atomic mass is 16.5. The summed E-state index contributed by atoms with van der Waals surface area (Å²) in [5, 5.41) is 14.6. The molecule has 0 bridgehead atoms. The summed E-state index contributed by atoms with van der Waals surface area (Å²) in [4.78, 5) is 29.6. The molecule has 2 aliphatic heterocycles. The number of anilines is 3. The first-order chi connectivity index (χ1) is 19.9. The number of likely N-dealkylation sites (tertiary alicyclic amines) is 1. The number of amides is 1. The van der Waals surface area contributed by atoms with Crippen molar-refractivity contribution in [2.75, 3.05) is 62.8 Å². The van der Waals surface area contributed by atoms with Crippen LogP contribution in [0.2, 0.25) is 0 Å². The van der Waals surface area contributed by atoms with Crippen LogP contribution < -0.4 is 20.7 Å². The lowest BCUT2D eigenvalue weighted by atomic mass is 9.99. The van der Waals surface area contributed by atoms with Gasteiger partial charge in [-0.05, 0) is 69.3 Å². The Bertz CT molecular complexity index is 1480. The van der Waals surface area contributed by atoms with E-state index in [9.17, 15) is 10.1 Å². The number of benzene rings is 2. The largest absolute Gasteiger partial charge is 0.462 e. The average Bonchev–Trinajstić information content (AvgIpc) is 3.74. The molecule has 1 saturated carbocycles. The summed E-state index contributed by atoms with van der Waals surface area (Å²) in [6.45, 7) is 3.46. The lowest BCUT2D eigenvalue weighted by molar-refractivity contribution is 0.102. The number of nitrogens with one attached hydrogen (secondary N) is 1. The van der Waals surface area contributed by atoms with Gasteiger partial charge in [0.1, 0.15) is 12.3 Å². The molecule has 10 heteroatoms. The van der Waals surface area contributed by atoms with Crippen molar-refractivity contribution in [1.29, 1.82) is 5.26 Å². The summed E-state index contributed by atoms with van der Waals surface area (Å²) in [6.07, 6.45) is 4.90. The maximum absolute atomic E-state index is 13.9. The zero-order valence-corrected chi connectivity index (χ0v) is 23.8. The van der Waals surface area contributed by atoms with E-state index in [1.54, 1.807) is 0 Å². The van der Waals surface area contributed by atoms with Crippen molar-refractivity contribution in [3.05, 3.63) is 47.7 Å². The van der Waals surface area contributed by atoms with Crippen LogP contribution in [-0.4, -0.2) is 84.6 Å². The van der Waals surface area contributed by atoms with Crippen LogP contribution in [0, 0.1) is 11.3 Å². The monoisotopic (exact) mass is 554 g/mol. The topological polar surface area (TPSA) is 124 Å². The molecule has 6 rings (SSSR count). The average molecular weight is 555 g/mol. The maximum Gasteiger partial charge on any atom is 0.319 e.